The van der Waals surface area contributed by atoms with E-state index in [2.05, 4.69) is 0 Å². The fourth-order valence-corrected chi connectivity index (χ4v) is 7.83. The first kappa shape index (κ1) is 31.0. The molecule has 4 aliphatic rings. The normalized spacial score (nSPS) is 29.9. The van der Waals surface area contributed by atoms with Gasteiger partial charge in [0.05, 0.1) is 36.7 Å². The molecule has 9 heteroatoms. The number of carbonyl (C=O) groups is 3. The topological polar surface area (TPSA) is 99.6 Å². The number of hydrogen-bond acceptors (Lipinski definition) is 6. The quantitative estimate of drug-likeness (QED) is 0.433. The minimum atomic E-state index is -1.38. The van der Waals surface area contributed by atoms with Crippen molar-refractivity contribution in [1.29, 1.82) is 0 Å². The summed E-state index contributed by atoms with van der Waals surface area (Å²) in [5.41, 5.74) is -0.847. The van der Waals surface area contributed by atoms with Crippen LogP contribution in [0.1, 0.15) is 39.7 Å². The molecule has 0 radical (unpaired) electrons. The Bertz CT molecular complexity index is 1490. The van der Waals surface area contributed by atoms with Gasteiger partial charge in [-0.1, -0.05) is 61.6 Å². The van der Waals surface area contributed by atoms with Gasteiger partial charge in [0.1, 0.15) is 17.4 Å². The van der Waals surface area contributed by atoms with Gasteiger partial charge in [0, 0.05) is 24.8 Å². The van der Waals surface area contributed by atoms with E-state index in [4.69, 9.17) is 9.47 Å². The molecule has 45 heavy (non-hydrogen) atoms. The number of rotatable bonds is 9. The first-order valence-electron chi connectivity index (χ1n) is 16.1. The molecule has 2 saturated heterocycles. The van der Waals surface area contributed by atoms with Crippen LogP contribution in [0.5, 0.6) is 5.75 Å². The van der Waals surface area contributed by atoms with E-state index in [-0.39, 0.29) is 30.4 Å². The zero-order valence-electron chi connectivity index (χ0n) is 26.5. The molecule has 2 fully saturated rings. The lowest BCUT2D eigenvalue weighted by Crippen LogP contribution is -2.60. The highest BCUT2D eigenvalue weighted by Gasteiger charge is 2.76. The van der Waals surface area contributed by atoms with E-state index in [1.54, 1.807) is 14.7 Å². The smallest absolute Gasteiger partial charge is 0.249 e. The molecule has 0 aromatic heterocycles. The predicted octanol–water partition coefficient (Wildman–Crippen LogP) is 3.76. The van der Waals surface area contributed by atoms with Crippen LogP contribution in [0.15, 0.2) is 78.9 Å². The van der Waals surface area contributed by atoms with E-state index in [9.17, 15) is 19.5 Å². The Morgan fingerprint density at radius 3 is 2.27 bits per heavy atom. The molecule has 6 rings (SSSR count). The number of ether oxygens (including phenoxy) is 2. The van der Waals surface area contributed by atoms with Crippen LogP contribution in [-0.4, -0.2) is 88.3 Å². The Morgan fingerprint density at radius 1 is 0.911 bits per heavy atom. The van der Waals surface area contributed by atoms with Crippen LogP contribution in [0.3, 0.4) is 0 Å². The zero-order valence-corrected chi connectivity index (χ0v) is 26.5. The number of amides is 3. The van der Waals surface area contributed by atoms with Crippen LogP contribution in [0.2, 0.25) is 0 Å². The van der Waals surface area contributed by atoms with Crippen molar-refractivity contribution in [1.82, 2.24) is 9.80 Å². The molecule has 2 aromatic rings. The van der Waals surface area contributed by atoms with Crippen molar-refractivity contribution in [2.75, 3.05) is 31.2 Å². The molecular weight excluding hydrogens is 570 g/mol. The van der Waals surface area contributed by atoms with Crippen molar-refractivity contribution in [3.8, 4) is 5.75 Å². The Balaban J connectivity index is 1.47. The van der Waals surface area contributed by atoms with Crippen LogP contribution < -0.4 is 9.64 Å². The first-order chi connectivity index (χ1) is 21.7. The standard InChI is InChI=1S/C36H43N3O6/c1-5-35-18-10-21-38(26-14-16-28(17-15-26)44-6-2)32(41)29(35)30-33(42)39(27(23-40)22-25-12-8-7-9-13-25)31-34(43)37(24(3)4)20-11-19-36(30,31)45-35/h7-19,24,27,29-31,40H,5-6,20-23H2,1-4H3/t27-,29+,30+,31?,35-,36+/m1/s1. The molecule has 4 heterocycles. The van der Waals surface area contributed by atoms with Crippen LogP contribution >= 0.6 is 0 Å². The molecule has 1 unspecified atom stereocenters. The van der Waals surface area contributed by atoms with Crippen LogP contribution in [0.25, 0.3) is 0 Å². The van der Waals surface area contributed by atoms with Gasteiger partial charge in [-0.25, -0.2) is 0 Å². The lowest BCUT2D eigenvalue weighted by molar-refractivity contribution is -0.156. The molecule has 6 atom stereocenters. The number of anilines is 1. The monoisotopic (exact) mass is 613 g/mol. The fourth-order valence-electron chi connectivity index (χ4n) is 7.83. The van der Waals surface area contributed by atoms with E-state index >= 15 is 0 Å². The maximum absolute atomic E-state index is 14.9. The van der Waals surface area contributed by atoms with Crippen molar-refractivity contribution >= 4 is 23.4 Å². The summed E-state index contributed by atoms with van der Waals surface area (Å²) in [5.74, 6) is -1.93. The second-order valence-electron chi connectivity index (χ2n) is 12.7. The number of carbonyl (C=O) groups excluding carboxylic acids is 3. The van der Waals surface area contributed by atoms with Gasteiger partial charge in [-0.2, -0.15) is 0 Å². The SMILES string of the molecule is CCOc1ccc(N2CC=C[C@@]3(CC)O[C@]45C=CCN(C(C)C)C(=O)C4N([C@@H](CO)Cc4ccccc4)C(=O)[C@@H]5[C@H]3C2=O)cc1. The third-order valence-corrected chi connectivity index (χ3v) is 9.91. The summed E-state index contributed by atoms with van der Waals surface area (Å²) in [6.07, 6.45) is 8.44. The highest BCUT2D eigenvalue weighted by Crippen LogP contribution is 2.59. The lowest BCUT2D eigenvalue weighted by atomic mass is 9.73. The van der Waals surface area contributed by atoms with Crippen molar-refractivity contribution in [2.24, 2.45) is 11.8 Å². The maximum Gasteiger partial charge on any atom is 0.249 e. The van der Waals surface area contributed by atoms with Gasteiger partial charge < -0.3 is 29.3 Å². The van der Waals surface area contributed by atoms with Crippen molar-refractivity contribution in [3.63, 3.8) is 0 Å². The molecule has 0 saturated carbocycles. The maximum atomic E-state index is 14.9. The summed E-state index contributed by atoms with van der Waals surface area (Å²) < 4.78 is 12.7. The Kier molecular flexibility index (Phi) is 8.35. The molecule has 3 amide bonds. The number of aliphatic hydroxyl groups is 1. The van der Waals surface area contributed by atoms with Crippen molar-refractivity contribution < 1.29 is 29.0 Å². The van der Waals surface area contributed by atoms with Crippen molar-refractivity contribution in [2.45, 2.75) is 69.9 Å². The Morgan fingerprint density at radius 2 is 1.62 bits per heavy atom. The van der Waals surface area contributed by atoms with Crippen LogP contribution in [0.4, 0.5) is 5.69 Å². The van der Waals surface area contributed by atoms with Crippen LogP contribution in [-0.2, 0) is 25.5 Å². The summed E-state index contributed by atoms with van der Waals surface area (Å²) in [7, 11) is 0. The molecule has 1 spiro atoms. The van der Waals surface area contributed by atoms with Gasteiger partial charge in [-0.05, 0) is 63.4 Å². The van der Waals surface area contributed by atoms with Gasteiger partial charge in [-0.3, -0.25) is 14.4 Å². The molecular formula is C36H43N3O6. The number of benzene rings is 2. The summed E-state index contributed by atoms with van der Waals surface area (Å²) in [6, 6.07) is 15.2. The van der Waals surface area contributed by atoms with Gasteiger partial charge in [0.2, 0.25) is 17.7 Å². The Hall–Kier alpha value is -3.95. The fraction of sp³-hybridized carbons (Fsp3) is 0.472. The minimum Gasteiger partial charge on any atom is -0.494 e. The number of aliphatic hydroxyl groups excluding tert-OH is 1. The third kappa shape index (κ3) is 4.97. The van der Waals surface area contributed by atoms with Gasteiger partial charge >= 0.3 is 0 Å². The second kappa shape index (κ2) is 12.1. The van der Waals surface area contributed by atoms with Gasteiger partial charge in [0.15, 0.2) is 0 Å². The Labute approximate surface area is 265 Å². The minimum absolute atomic E-state index is 0.126. The second-order valence-corrected chi connectivity index (χ2v) is 12.7. The zero-order chi connectivity index (χ0) is 31.9. The van der Waals surface area contributed by atoms with E-state index in [1.807, 2.05) is 107 Å². The number of likely N-dealkylation sites (tertiary alicyclic amines) is 1. The molecule has 0 bridgehead atoms. The largest absolute Gasteiger partial charge is 0.494 e. The van der Waals surface area contributed by atoms with Gasteiger partial charge in [0.25, 0.3) is 0 Å². The number of fused-ring (bicyclic) bond motifs is 2. The lowest BCUT2D eigenvalue weighted by Gasteiger charge is -2.41. The molecule has 2 aromatic carbocycles. The average Bonchev–Trinajstić information content (AvgIpc) is 3.33. The third-order valence-electron chi connectivity index (χ3n) is 9.91. The van der Waals surface area contributed by atoms with E-state index < -0.39 is 35.1 Å². The molecule has 4 aliphatic heterocycles. The van der Waals surface area contributed by atoms with E-state index in [0.29, 0.717) is 44.0 Å². The first-order valence-corrected chi connectivity index (χ1v) is 16.1. The summed E-state index contributed by atoms with van der Waals surface area (Å²) >= 11 is 0. The average molecular weight is 614 g/mol. The molecule has 0 aliphatic carbocycles. The van der Waals surface area contributed by atoms with Crippen LogP contribution in [0, 0.1) is 11.8 Å². The summed E-state index contributed by atoms with van der Waals surface area (Å²) in [5, 5.41) is 10.8. The molecule has 9 nitrogen and oxygen atoms in total. The van der Waals surface area contributed by atoms with Crippen molar-refractivity contribution in [3.05, 3.63) is 84.5 Å². The molecule has 238 valence electrons. The summed E-state index contributed by atoms with van der Waals surface area (Å²) in [6.45, 7) is 8.65. The number of nitrogens with zero attached hydrogens (tertiary/aromatic N) is 3. The summed E-state index contributed by atoms with van der Waals surface area (Å²) in [4.78, 5) is 49.2. The highest BCUT2D eigenvalue weighted by molar-refractivity contribution is 6.04. The highest BCUT2D eigenvalue weighted by atomic mass is 16.5. The van der Waals surface area contributed by atoms with E-state index in [0.717, 1.165) is 5.56 Å². The van der Waals surface area contributed by atoms with Gasteiger partial charge in [-0.15, -0.1) is 0 Å². The number of hydrogen-bond donors (Lipinski definition) is 1. The predicted molar refractivity (Wildman–Crippen MR) is 171 cm³/mol. The van der Waals surface area contributed by atoms with E-state index in [1.165, 1.54) is 0 Å². The molecule has 1 N–H and O–H groups in total.